The van der Waals surface area contributed by atoms with Gasteiger partial charge in [-0.05, 0) is 43.2 Å². The molecule has 1 aliphatic heterocycles. The van der Waals surface area contributed by atoms with Crippen LogP contribution in [0.4, 0.5) is 4.39 Å². The van der Waals surface area contributed by atoms with Crippen LogP contribution in [0.1, 0.15) is 58.0 Å². The molecule has 1 atom stereocenters. The van der Waals surface area contributed by atoms with Crippen molar-refractivity contribution >= 4 is 11.9 Å². The maximum atomic E-state index is 14.2. The van der Waals surface area contributed by atoms with Gasteiger partial charge in [0, 0.05) is 13.0 Å². The van der Waals surface area contributed by atoms with E-state index in [1.165, 1.54) is 12.1 Å². The summed E-state index contributed by atoms with van der Waals surface area (Å²) in [7, 11) is 0. The number of carbonyl (C=O) groups excluding carboxylic acids is 1. The molecule has 126 valence electrons. The number of nitrogens with zero attached hydrogens (tertiary/aromatic N) is 1. The summed E-state index contributed by atoms with van der Waals surface area (Å²) in [6.07, 6.45) is 2.34. The van der Waals surface area contributed by atoms with Crippen LogP contribution in [-0.4, -0.2) is 28.4 Å². The molecule has 0 radical (unpaired) electrons. The zero-order valence-electron chi connectivity index (χ0n) is 13.3. The van der Waals surface area contributed by atoms with Crippen LogP contribution in [0.15, 0.2) is 34.7 Å². The quantitative estimate of drug-likeness (QED) is 0.928. The number of amides is 1. The van der Waals surface area contributed by atoms with Gasteiger partial charge in [-0.1, -0.05) is 6.92 Å². The number of carbonyl (C=O) groups is 2. The van der Waals surface area contributed by atoms with Gasteiger partial charge in [-0.25, -0.2) is 9.18 Å². The first kappa shape index (κ1) is 16.2. The lowest BCUT2D eigenvalue weighted by Crippen LogP contribution is -2.31. The molecule has 3 rings (SSSR count). The molecule has 0 saturated carbocycles. The fourth-order valence-electron chi connectivity index (χ4n) is 3.05. The van der Waals surface area contributed by atoms with Crippen molar-refractivity contribution in [2.24, 2.45) is 0 Å². The number of rotatable bonds is 4. The molecular weight excluding hydrogens is 313 g/mol. The molecule has 2 heterocycles. The molecule has 0 bridgehead atoms. The maximum Gasteiger partial charge on any atom is 0.335 e. The third-order valence-corrected chi connectivity index (χ3v) is 4.32. The largest absolute Gasteiger partial charge is 0.478 e. The highest BCUT2D eigenvalue weighted by Crippen LogP contribution is 2.34. The van der Waals surface area contributed by atoms with Gasteiger partial charge in [0.15, 0.2) is 0 Å². The van der Waals surface area contributed by atoms with Crippen LogP contribution in [-0.2, 0) is 6.42 Å². The SMILES string of the molecule is CCc1ccc(C2CCCN2C(=O)c2ccc(C(=O)O)cc2F)o1. The minimum atomic E-state index is -1.23. The van der Waals surface area contributed by atoms with Crippen molar-refractivity contribution < 1.29 is 23.5 Å². The van der Waals surface area contributed by atoms with E-state index < -0.39 is 17.7 Å². The lowest BCUT2D eigenvalue weighted by molar-refractivity contribution is 0.0688. The molecule has 2 aromatic rings. The number of hydrogen-bond acceptors (Lipinski definition) is 3. The average molecular weight is 331 g/mol. The number of halogens is 1. The standard InChI is InChI=1S/C18H18FNO4/c1-2-12-6-8-16(24-12)15-4-3-9-20(15)17(21)13-7-5-11(18(22)23)10-14(13)19/h5-8,10,15H,2-4,9H2,1H3,(H,22,23). The number of furan rings is 1. The van der Waals surface area contributed by atoms with Gasteiger partial charge in [0.05, 0.1) is 17.2 Å². The van der Waals surface area contributed by atoms with E-state index in [1.807, 2.05) is 19.1 Å². The van der Waals surface area contributed by atoms with Crippen molar-refractivity contribution in [2.45, 2.75) is 32.2 Å². The van der Waals surface area contributed by atoms with Crippen LogP contribution in [0.2, 0.25) is 0 Å². The minimum absolute atomic E-state index is 0.117. The van der Waals surface area contributed by atoms with E-state index in [0.717, 1.165) is 31.1 Å². The number of likely N-dealkylation sites (tertiary alicyclic amines) is 1. The second kappa shape index (κ2) is 6.47. The molecule has 0 aliphatic carbocycles. The molecule has 0 spiro atoms. The first-order chi connectivity index (χ1) is 11.5. The van der Waals surface area contributed by atoms with Crippen LogP contribution in [0.5, 0.6) is 0 Å². The Morgan fingerprint density at radius 2 is 2.12 bits per heavy atom. The number of benzene rings is 1. The Bertz CT molecular complexity index is 783. The van der Waals surface area contributed by atoms with Crippen molar-refractivity contribution in [2.75, 3.05) is 6.54 Å². The van der Waals surface area contributed by atoms with Gasteiger partial charge in [-0.3, -0.25) is 4.79 Å². The fraction of sp³-hybridized carbons (Fsp3) is 0.333. The Hall–Kier alpha value is -2.63. The molecule has 1 aromatic carbocycles. The average Bonchev–Trinajstić information content (AvgIpc) is 3.22. The van der Waals surface area contributed by atoms with Crippen molar-refractivity contribution in [1.82, 2.24) is 4.90 Å². The van der Waals surface area contributed by atoms with E-state index in [2.05, 4.69) is 0 Å². The number of carboxylic acid groups (broad SMARTS) is 1. The monoisotopic (exact) mass is 331 g/mol. The zero-order chi connectivity index (χ0) is 17.3. The van der Waals surface area contributed by atoms with Crippen LogP contribution < -0.4 is 0 Å². The van der Waals surface area contributed by atoms with Crippen LogP contribution >= 0.6 is 0 Å². The summed E-state index contributed by atoms with van der Waals surface area (Å²) >= 11 is 0. The predicted octanol–water partition coefficient (Wildman–Crippen LogP) is 3.66. The van der Waals surface area contributed by atoms with E-state index in [0.29, 0.717) is 12.3 Å². The Kier molecular flexibility index (Phi) is 4.38. The van der Waals surface area contributed by atoms with E-state index in [1.54, 1.807) is 4.90 Å². The molecule has 1 amide bonds. The fourth-order valence-corrected chi connectivity index (χ4v) is 3.05. The third-order valence-electron chi connectivity index (χ3n) is 4.32. The second-order valence-electron chi connectivity index (χ2n) is 5.81. The lowest BCUT2D eigenvalue weighted by atomic mass is 10.1. The zero-order valence-corrected chi connectivity index (χ0v) is 13.3. The van der Waals surface area contributed by atoms with Gasteiger partial charge < -0.3 is 14.4 Å². The topological polar surface area (TPSA) is 70.8 Å². The number of carboxylic acids is 1. The second-order valence-corrected chi connectivity index (χ2v) is 5.81. The van der Waals surface area contributed by atoms with Gasteiger partial charge in [0.25, 0.3) is 5.91 Å². The summed E-state index contributed by atoms with van der Waals surface area (Å²) in [5, 5.41) is 8.89. The molecule has 1 unspecified atom stereocenters. The molecule has 1 fully saturated rings. The van der Waals surface area contributed by atoms with Crippen molar-refractivity contribution in [1.29, 1.82) is 0 Å². The highest BCUT2D eigenvalue weighted by atomic mass is 19.1. The number of aryl methyl sites for hydroxylation is 1. The van der Waals surface area contributed by atoms with Gasteiger partial charge in [-0.15, -0.1) is 0 Å². The maximum absolute atomic E-state index is 14.2. The summed E-state index contributed by atoms with van der Waals surface area (Å²) in [5.74, 6) is -0.934. The summed E-state index contributed by atoms with van der Waals surface area (Å²) in [4.78, 5) is 25.2. The van der Waals surface area contributed by atoms with Gasteiger partial charge in [0.1, 0.15) is 17.3 Å². The highest BCUT2D eigenvalue weighted by molar-refractivity contribution is 5.96. The van der Waals surface area contributed by atoms with Crippen molar-refractivity contribution in [3.8, 4) is 0 Å². The third kappa shape index (κ3) is 2.91. The van der Waals surface area contributed by atoms with Gasteiger partial charge >= 0.3 is 5.97 Å². The molecular formula is C18H18FNO4. The smallest absolute Gasteiger partial charge is 0.335 e. The molecule has 1 aliphatic rings. The molecule has 24 heavy (non-hydrogen) atoms. The molecule has 1 N–H and O–H groups in total. The Labute approximate surface area is 138 Å². The summed E-state index contributed by atoms with van der Waals surface area (Å²) < 4.78 is 19.9. The molecule has 1 aromatic heterocycles. The Morgan fingerprint density at radius 1 is 1.33 bits per heavy atom. The lowest BCUT2D eigenvalue weighted by Gasteiger charge is -2.23. The summed E-state index contributed by atoms with van der Waals surface area (Å²) in [6, 6.07) is 6.89. The van der Waals surface area contributed by atoms with Crippen LogP contribution in [0, 0.1) is 5.82 Å². The van der Waals surface area contributed by atoms with Crippen molar-refractivity contribution in [3.63, 3.8) is 0 Å². The van der Waals surface area contributed by atoms with E-state index in [-0.39, 0.29) is 17.2 Å². The van der Waals surface area contributed by atoms with E-state index in [4.69, 9.17) is 9.52 Å². The van der Waals surface area contributed by atoms with E-state index in [9.17, 15) is 14.0 Å². The summed E-state index contributed by atoms with van der Waals surface area (Å²) in [6.45, 7) is 2.51. The number of aromatic carboxylic acids is 1. The summed E-state index contributed by atoms with van der Waals surface area (Å²) in [5.41, 5.74) is -0.296. The molecule has 6 heteroatoms. The van der Waals surface area contributed by atoms with Gasteiger partial charge in [-0.2, -0.15) is 0 Å². The highest BCUT2D eigenvalue weighted by Gasteiger charge is 2.33. The van der Waals surface area contributed by atoms with Crippen LogP contribution in [0.25, 0.3) is 0 Å². The minimum Gasteiger partial charge on any atom is -0.478 e. The molecule has 5 nitrogen and oxygen atoms in total. The Morgan fingerprint density at radius 3 is 2.75 bits per heavy atom. The first-order valence-corrected chi connectivity index (χ1v) is 7.93. The van der Waals surface area contributed by atoms with Gasteiger partial charge in [0.2, 0.25) is 0 Å². The molecule has 1 saturated heterocycles. The van der Waals surface area contributed by atoms with Crippen LogP contribution in [0.3, 0.4) is 0 Å². The predicted molar refractivity (Wildman–Crippen MR) is 84.5 cm³/mol. The van der Waals surface area contributed by atoms with Crippen molar-refractivity contribution in [3.05, 3.63) is 58.8 Å². The number of hydrogen-bond donors (Lipinski definition) is 1. The van der Waals surface area contributed by atoms with E-state index >= 15 is 0 Å². The first-order valence-electron chi connectivity index (χ1n) is 7.93. The normalized spacial score (nSPS) is 17.2. The Balaban J connectivity index is 1.87.